The number of hydrogen-bond acceptors (Lipinski definition) is 8. The molecule has 0 saturated carbocycles. The number of anilines is 1. The number of aromatic nitrogens is 3. The Morgan fingerprint density at radius 2 is 2.03 bits per heavy atom. The lowest BCUT2D eigenvalue weighted by atomic mass is 9.95. The lowest BCUT2D eigenvalue weighted by molar-refractivity contribution is -0.139. The van der Waals surface area contributed by atoms with Gasteiger partial charge in [-0.25, -0.2) is 9.48 Å². The first-order valence-corrected chi connectivity index (χ1v) is 11.9. The van der Waals surface area contributed by atoms with Gasteiger partial charge in [-0.05, 0) is 53.4 Å². The predicted octanol–water partition coefficient (Wildman–Crippen LogP) is 4.80. The third-order valence-electron chi connectivity index (χ3n) is 4.70. The zero-order valence-corrected chi connectivity index (χ0v) is 20.7. The highest BCUT2D eigenvalue weighted by Gasteiger charge is 2.36. The molecule has 31 heavy (non-hydrogen) atoms. The lowest BCUT2D eigenvalue weighted by Crippen LogP contribution is -2.30. The van der Waals surface area contributed by atoms with E-state index in [1.54, 1.807) is 30.7 Å². The van der Waals surface area contributed by atoms with E-state index in [4.69, 9.17) is 19.3 Å². The summed E-state index contributed by atoms with van der Waals surface area (Å²) in [4.78, 5) is 17.7. The summed E-state index contributed by atoms with van der Waals surface area (Å²) in [6.45, 7) is 6.27. The summed E-state index contributed by atoms with van der Waals surface area (Å²) in [6.07, 6.45) is 1.75. The Morgan fingerprint density at radius 3 is 2.68 bits per heavy atom. The van der Waals surface area contributed by atoms with Gasteiger partial charge in [0.1, 0.15) is 6.04 Å². The largest absolute Gasteiger partial charge is 0.493 e. The summed E-state index contributed by atoms with van der Waals surface area (Å²) < 4.78 is 18.9. The van der Waals surface area contributed by atoms with E-state index in [0.29, 0.717) is 45.0 Å². The minimum atomic E-state index is -0.528. The Morgan fingerprint density at radius 1 is 1.26 bits per heavy atom. The van der Waals surface area contributed by atoms with Crippen molar-refractivity contribution in [2.75, 3.05) is 31.9 Å². The molecule has 8 nitrogen and oxygen atoms in total. The molecule has 2 heterocycles. The summed E-state index contributed by atoms with van der Waals surface area (Å²) in [7, 11) is 3.16. The van der Waals surface area contributed by atoms with Crippen molar-refractivity contribution in [3.63, 3.8) is 0 Å². The number of benzene rings is 1. The van der Waals surface area contributed by atoms with Crippen LogP contribution in [0.25, 0.3) is 0 Å². The maximum atomic E-state index is 13.0. The molecule has 0 saturated heterocycles. The van der Waals surface area contributed by atoms with E-state index in [1.807, 2.05) is 26.0 Å². The van der Waals surface area contributed by atoms with Crippen molar-refractivity contribution in [1.29, 1.82) is 0 Å². The van der Waals surface area contributed by atoms with Crippen LogP contribution in [0.15, 0.2) is 33.0 Å². The molecular weight excluding hydrogens is 484 g/mol. The molecule has 1 aromatic carbocycles. The summed E-state index contributed by atoms with van der Waals surface area (Å²) in [5.41, 5.74) is 1.97. The number of thioether (sulfide) groups is 1. The van der Waals surface area contributed by atoms with E-state index in [2.05, 4.69) is 33.2 Å². The van der Waals surface area contributed by atoms with Gasteiger partial charge in [-0.3, -0.25) is 0 Å². The third-order valence-corrected chi connectivity index (χ3v) is 6.33. The third kappa shape index (κ3) is 4.85. The fraction of sp³-hybridized carbons (Fsp3) is 0.476. The summed E-state index contributed by atoms with van der Waals surface area (Å²) >= 11 is 5.14. The van der Waals surface area contributed by atoms with Gasteiger partial charge in [0.15, 0.2) is 11.5 Å². The quantitative estimate of drug-likeness (QED) is 0.380. The normalized spacial score (nSPS) is 15.4. The molecule has 0 bridgehead atoms. The number of ether oxygens (including phenoxy) is 3. The van der Waals surface area contributed by atoms with E-state index >= 15 is 0 Å². The zero-order chi connectivity index (χ0) is 22.5. The second-order valence-corrected chi connectivity index (χ2v) is 8.87. The number of methoxy groups -OCH3 is 2. The Balaban J connectivity index is 2.15. The standard InChI is InChI=1S/C21H27BrN4O4S/c1-6-8-30-19(27)16-12(3)23-20-24-21(31-9-7-2)25-26(20)17(16)13-10-14(22)18(29-5)15(11-13)28-4/h10-11,17H,6-9H2,1-5H3,(H,23,24,25). The number of nitrogens with zero attached hydrogens (tertiary/aromatic N) is 3. The van der Waals surface area contributed by atoms with Gasteiger partial charge in [-0.15, -0.1) is 5.10 Å². The van der Waals surface area contributed by atoms with Crippen LogP contribution in [0.5, 0.6) is 11.5 Å². The minimum absolute atomic E-state index is 0.347. The van der Waals surface area contributed by atoms with Gasteiger partial charge in [-0.2, -0.15) is 4.98 Å². The Hall–Kier alpha value is -2.20. The average molecular weight is 511 g/mol. The van der Waals surface area contributed by atoms with Crippen LogP contribution in [0.3, 0.4) is 0 Å². The topological polar surface area (TPSA) is 87.5 Å². The number of esters is 1. The molecule has 168 valence electrons. The summed E-state index contributed by atoms with van der Waals surface area (Å²) in [6, 6.07) is 3.23. The molecule has 1 aliphatic heterocycles. The molecule has 0 amide bonds. The molecule has 1 N–H and O–H groups in total. The summed E-state index contributed by atoms with van der Waals surface area (Å²) in [5, 5.41) is 8.57. The molecule has 0 aliphatic carbocycles. The van der Waals surface area contributed by atoms with Crippen LogP contribution in [0.2, 0.25) is 0 Å². The highest BCUT2D eigenvalue weighted by atomic mass is 79.9. The first-order chi connectivity index (χ1) is 14.9. The van der Waals surface area contributed by atoms with E-state index in [0.717, 1.165) is 24.2 Å². The molecule has 1 unspecified atom stereocenters. The average Bonchev–Trinajstić information content (AvgIpc) is 3.16. The van der Waals surface area contributed by atoms with Gasteiger partial charge < -0.3 is 19.5 Å². The number of nitrogens with one attached hydrogen (secondary N) is 1. The van der Waals surface area contributed by atoms with Crippen LogP contribution >= 0.6 is 27.7 Å². The SMILES string of the molecule is CCCOC(=O)C1=C(C)Nc2nc(SCCC)nn2C1c1cc(Br)c(OC)c(OC)c1. The van der Waals surface area contributed by atoms with Crippen LogP contribution in [0, 0.1) is 0 Å². The molecule has 1 aromatic heterocycles. The molecule has 0 fully saturated rings. The molecule has 3 rings (SSSR count). The maximum Gasteiger partial charge on any atom is 0.338 e. The van der Waals surface area contributed by atoms with Crippen molar-refractivity contribution >= 4 is 39.6 Å². The lowest BCUT2D eigenvalue weighted by Gasteiger charge is -2.28. The number of fused-ring (bicyclic) bond motifs is 1. The summed E-state index contributed by atoms with van der Waals surface area (Å²) in [5.74, 6) is 2.24. The van der Waals surface area contributed by atoms with Crippen LogP contribution in [-0.4, -0.2) is 47.3 Å². The van der Waals surface area contributed by atoms with Crippen LogP contribution in [0.4, 0.5) is 5.95 Å². The second kappa shape index (κ2) is 10.4. The maximum absolute atomic E-state index is 13.0. The Kier molecular flexibility index (Phi) is 7.88. The zero-order valence-electron chi connectivity index (χ0n) is 18.3. The van der Waals surface area contributed by atoms with Crippen molar-refractivity contribution in [3.05, 3.63) is 33.4 Å². The fourth-order valence-corrected chi connectivity index (χ4v) is 4.63. The van der Waals surface area contributed by atoms with E-state index < -0.39 is 6.04 Å². The molecule has 2 aromatic rings. The first-order valence-electron chi connectivity index (χ1n) is 10.1. The highest BCUT2D eigenvalue weighted by molar-refractivity contribution is 9.10. The number of halogens is 1. The highest BCUT2D eigenvalue weighted by Crippen LogP contribution is 2.43. The smallest absolute Gasteiger partial charge is 0.338 e. The van der Waals surface area contributed by atoms with E-state index in [-0.39, 0.29) is 5.97 Å². The molecule has 1 atom stereocenters. The van der Waals surface area contributed by atoms with Crippen molar-refractivity contribution < 1.29 is 19.0 Å². The van der Waals surface area contributed by atoms with Gasteiger partial charge in [0, 0.05) is 11.4 Å². The van der Waals surface area contributed by atoms with Gasteiger partial charge in [0.05, 0.1) is 30.9 Å². The molecule has 0 radical (unpaired) electrons. The van der Waals surface area contributed by atoms with Gasteiger partial charge in [-0.1, -0.05) is 25.6 Å². The van der Waals surface area contributed by atoms with Crippen molar-refractivity contribution in [3.8, 4) is 11.5 Å². The van der Waals surface area contributed by atoms with Crippen molar-refractivity contribution in [1.82, 2.24) is 14.8 Å². The van der Waals surface area contributed by atoms with Crippen molar-refractivity contribution in [2.45, 2.75) is 44.8 Å². The number of hydrogen-bond donors (Lipinski definition) is 1. The number of carbonyl (C=O) groups excluding carboxylic acids is 1. The first kappa shape index (κ1) is 23.5. The van der Waals surface area contributed by atoms with Crippen LogP contribution in [0.1, 0.15) is 45.2 Å². The number of allylic oxidation sites excluding steroid dienone is 1. The van der Waals surface area contributed by atoms with Crippen LogP contribution < -0.4 is 14.8 Å². The van der Waals surface area contributed by atoms with E-state index in [1.165, 1.54) is 0 Å². The van der Waals surface area contributed by atoms with Gasteiger partial charge in [0.25, 0.3) is 0 Å². The Labute approximate surface area is 194 Å². The molecule has 10 heteroatoms. The van der Waals surface area contributed by atoms with Crippen molar-refractivity contribution in [2.24, 2.45) is 0 Å². The molecule has 1 aliphatic rings. The monoisotopic (exact) mass is 510 g/mol. The van der Waals surface area contributed by atoms with Gasteiger partial charge >= 0.3 is 5.97 Å². The fourth-order valence-electron chi connectivity index (χ4n) is 3.33. The predicted molar refractivity (Wildman–Crippen MR) is 124 cm³/mol. The minimum Gasteiger partial charge on any atom is -0.493 e. The molecular formula is C21H27BrN4O4S. The van der Waals surface area contributed by atoms with E-state index in [9.17, 15) is 4.79 Å². The number of carbonyl (C=O) groups is 1. The Bertz CT molecular complexity index is 992. The van der Waals surface area contributed by atoms with Crippen LogP contribution in [-0.2, 0) is 9.53 Å². The second-order valence-electron chi connectivity index (χ2n) is 6.95. The molecule has 0 spiro atoms. The number of rotatable bonds is 9. The van der Waals surface area contributed by atoms with Gasteiger partial charge in [0.2, 0.25) is 11.1 Å².